The number of nitrogens with zero attached hydrogens (tertiary/aromatic N) is 4. The van der Waals surface area contributed by atoms with E-state index in [9.17, 15) is 9.59 Å². The lowest BCUT2D eigenvalue weighted by atomic mass is 9.68. The molecule has 2 fully saturated rings. The highest BCUT2D eigenvalue weighted by atomic mass is 35.5. The zero-order valence-electron chi connectivity index (χ0n) is 24.3. The minimum absolute atomic E-state index is 0.107. The summed E-state index contributed by atoms with van der Waals surface area (Å²) < 4.78 is 12.1. The summed E-state index contributed by atoms with van der Waals surface area (Å²) in [6.45, 7) is 8.23. The zero-order valence-corrected chi connectivity index (χ0v) is 25.1. The molecule has 4 aromatic rings. The minimum Gasteiger partial charge on any atom is -0.450 e. The molecule has 5 heterocycles. The molecule has 6 rings (SSSR count). The summed E-state index contributed by atoms with van der Waals surface area (Å²) in [5.74, 6) is 1.79. The molecule has 10 heteroatoms. The molecule has 0 aliphatic carbocycles. The Kier molecular flexibility index (Phi) is 8.23. The number of aromatic nitrogens is 3. The van der Waals surface area contributed by atoms with Gasteiger partial charge in [0.15, 0.2) is 17.2 Å². The molecule has 1 amide bonds. The number of fused-ring (bicyclic) bond motifs is 3. The third-order valence-corrected chi connectivity index (χ3v) is 9.35. The predicted octanol–water partition coefficient (Wildman–Crippen LogP) is 5.83. The lowest BCUT2D eigenvalue weighted by Gasteiger charge is -2.44. The van der Waals surface area contributed by atoms with Crippen LogP contribution in [0.25, 0.3) is 22.1 Å². The van der Waals surface area contributed by atoms with Gasteiger partial charge in [-0.1, -0.05) is 37.6 Å². The first-order chi connectivity index (χ1) is 20.3. The molecule has 2 aliphatic heterocycles. The summed E-state index contributed by atoms with van der Waals surface area (Å²) in [6, 6.07) is 9.72. The van der Waals surface area contributed by atoms with Gasteiger partial charge in [-0.15, -0.1) is 0 Å². The van der Waals surface area contributed by atoms with Gasteiger partial charge in [-0.05, 0) is 56.2 Å². The summed E-state index contributed by atoms with van der Waals surface area (Å²) in [5.41, 5.74) is 2.65. The number of para-hydroxylation sites is 1. The van der Waals surface area contributed by atoms with E-state index in [2.05, 4.69) is 23.7 Å². The van der Waals surface area contributed by atoms with Gasteiger partial charge < -0.3 is 23.9 Å². The third kappa shape index (κ3) is 5.64. The number of halogens is 1. The molecule has 222 valence electrons. The van der Waals surface area contributed by atoms with Crippen LogP contribution < -0.4 is 10.5 Å². The van der Waals surface area contributed by atoms with Crippen molar-refractivity contribution in [1.82, 2.24) is 19.9 Å². The van der Waals surface area contributed by atoms with Crippen LogP contribution in [0.4, 0.5) is 5.82 Å². The fourth-order valence-corrected chi connectivity index (χ4v) is 6.54. The maximum absolute atomic E-state index is 13.0. The molecule has 0 radical (unpaired) electrons. The van der Waals surface area contributed by atoms with Crippen molar-refractivity contribution >= 4 is 45.4 Å². The number of hydrogen-bond acceptors (Lipinski definition) is 7. The monoisotopic (exact) mass is 591 g/mol. The Morgan fingerprint density at radius 2 is 2.00 bits per heavy atom. The van der Waals surface area contributed by atoms with Crippen LogP contribution >= 0.6 is 11.6 Å². The Balaban J connectivity index is 1.01. The van der Waals surface area contributed by atoms with E-state index in [0.29, 0.717) is 49.1 Å². The fraction of sp³-hybridized carbons (Fsp3) is 0.500. The van der Waals surface area contributed by atoms with E-state index in [1.165, 1.54) is 6.20 Å². The minimum atomic E-state index is -0.328. The van der Waals surface area contributed by atoms with Gasteiger partial charge in [0.1, 0.15) is 17.7 Å². The molecule has 1 N–H and O–H groups in total. The number of amides is 1. The number of piperidine rings is 1. The molecular formula is C32H38ClN5O4. The Bertz CT molecular complexity index is 1650. The molecule has 3 aromatic heterocycles. The van der Waals surface area contributed by atoms with Crippen LogP contribution in [0.2, 0.25) is 5.02 Å². The summed E-state index contributed by atoms with van der Waals surface area (Å²) in [7, 11) is 0. The highest BCUT2D eigenvalue weighted by Crippen LogP contribution is 2.39. The Morgan fingerprint density at radius 1 is 1.19 bits per heavy atom. The van der Waals surface area contributed by atoms with Crippen molar-refractivity contribution in [3.63, 3.8) is 0 Å². The van der Waals surface area contributed by atoms with E-state index in [1.807, 2.05) is 29.2 Å². The second kappa shape index (κ2) is 12.1. The van der Waals surface area contributed by atoms with Crippen LogP contribution in [-0.4, -0.2) is 58.5 Å². The second-order valence-electron chi connectivity index (χ2n) is 11.9. The van der Waals surface area contributed by atoms with Gasteiger partial charge >= 0.3 is 0 Å². The maximum Gasteiger partial charge on any atom is 0.251 e. The van der Waals surface area contributed by atoms with Crippen LogP contribution in [0.15, 0.2) is 45.7 Å². The number of H-pyrrole nitrogens is 1. The topological polar surface area (TPSA) is 105 Å². The van der Waals surface area contributed by atoms with Crippen LogP contribution in [0, 0.1) is 5.92 Å². The third-order valence-electron chi connectivity index (χ3n) is 9.13. The number of ether oxygens (including phenoxy) is 1. The molecule has 42 heavy (non-hydrogen) atoms. The fourth-order valence-electron chi connectivity index (χ4n) is 6.38. The highest BCUT2D eigenvalue weighted by molar-refractivity contribution is 6.30. The van der Waals surface area contributed by atoms with E-state index >= 15 is 0 Å². The summed E-state index contributed by atoms with van der Waals surface area (Å²) in [6.07, 6.45) is 6.54. The number of likely N-dealkylation sites (tertiary alicyclic amines) is 1. The molecule has 0 saturated carbocycles. The van der Waals surface area contributed by atoms with Gasteiger partial charge in [-0.3, -0.25) is 9.59 Å². The summed E-state index contributed by atoms with van der Waals surface area (Å²) in [4.78, 5) is 42.1. The first kappa shape index (κ1) is 28.7. The predicted molar refractivity (Wildman–Crippen MR) is 164 cm³/mol. The number of unbranched alkanes of at least 4 members (excludes halogenated alkanes) is 1. The van der Waals surface area contributed by atoms with Crippen molar-refractivity contribution in [2.75, 3.05) is 37.7 Å². The van der Waals surface area contributed by atoms with Crippen molar-refractivity contribution < 1.29 is 13.9 Å². The maximum atomic E-state index is 13.0. The van der Waals surface area contributed by atoms with Gasteiger partial charge in [-0.2, -0.15) is 0 Å². The number of pyridine rings is 1. The quantitative estimate of drug-likeness (QED) is 0.244. The molecule has 2 saturated heterocycles. The van der Waals surface area contributed by atoms with Crippen LogP contribution in [0.5, 0.6) is 0 Å². The van der Waals surface area contributed by atoms with Gasteiger partial charge in [0.25, 0.3) is 5.56 Å². The Morgan fingerprint density at radius 3 is 2.81 bits per heavy atom. The van der Waals surface area contributed by atoms with E-state index in [1.54, 1.807) is 6.07 Å². The van der Waals surface area contributed by atoms with Crippen LogP contribution in [0.1, 0.15) is 63.8 Å². The molecule has 2 unspecified atom stereocenters. The number of hydrogen-bond donors (Lipinski definition) is 1. The molecule has 0 bridgehead atoms. The number of furan rings is 1. The van der Waals surface area contributed by atoms with Gasteiger partial charge in [0.05, 0.1) is 5.02 Å². The molecule has 1 aromatic carbocycles. The molecular weight excluding hydrogens is 554 g/mol. The largest absolute Gasteiger partial charge is 0.450 e. The molecule has 0 spiro atoms. The van der Waals surface area contributed by atoms with E-state index in [4.69, 9.17) is 30.7 Å². The number of aromatic amines is 1. The Hall–Kier alpha value is -3.43. The molecule has 9 nitrogen and oxygen atoms in total. The van der Waals surface area contributed by atoms with Crippen LogP contribution in [0.3, 0.4) is 0 Å². The van der Waals surface area contributed by atoms with E-state index in [-0.39, 0.29) is 22.8 Å². The zero-order chi connectivity index (χ0) is 29.3. The van der Waals surface area contributed by atoms with Gasteiger partial charge in [0.2, 0.25) is 5.91 Å². The molecule has 2 atom stereocenters. The average molecular weight is 592 g/mol. The number of anilines is 1. The van der Waals surface area contributed by atoms with Crippen molar-refractivity contribution in [2.24, 2.45) is 5.92 Å². The lowest BCUT2D eigenvalue weighted by molar-refractivity contribution is -0.134. The number of carbonyl (C=O) groups is 1. The smallest absolute Gasteiger partial charge is 0.251 e. The Labute approximate surface area is 250 Å². The number of benzene rings is 1. The summed E-state index contributed by atoms with van der Waals surface area (Å²) in [5, 5.41) is 1.51. The van der Waals surface area contributed by atoms with Gasteiger partial charge in [0, 0.05) is 61.8 Å². The van der Waals surface area contributed by atoms with E-state index < -0.39 is 0 Å². The normalized spacial score (nSPS) is 21.1. The first-order valence-corrected chi connectivity index (χ1v) is 15.4. The molecule has 2 aliphatic rings. The van der Waals surface area contributed by atoms with Gasteiger partial charge in [-0.25, -0.2) is 9.97 Å². The average Bonchev–Trinajstić information content (AvgIpc) is 3.66. The van der Waals surface area contributed by atoms with Crippen LogP contribution in [-0.2, 0) is 21.6 Å². The standard InChI is InChI=1S/C32H38ClN5O4/c1-21-19-38(15-12-32(21,2)24-17-22(33)18-34-31(24)40)27(39)11-5-8-16-41-20-26-35-28-23-9-3-4-10-25(23)42-29(28)30(36-26)37-13-6-7-14-37/h3-4,9-10,17-18,21H,5-8,11-16,19-20H2,1-2H3,(H,34,40). The van der Waals surface area contributed by atoms with Crippen molar-refractivity contribution in [3.8, 4) is 0 Å². The van der Waals surface area contributed by atoms with Crippen molar-refractivity contribution in [1.29, 1.82) is 0 Å². The highest BCUT2D eigenvalue weighted by Gasteiger charge is 2.40. The summed E-state index contributed by atoms with van der Waals surface area (Å²) >= 11 is 6.17. The first-order valence-electron chi connectivity index (χ1n) is 15.0. The number of rotatable bonds is 9. The number of nitrogens with one attached hydrogen (secondary N) is 1. The second-order valence-corrected chi connectivity index (χ2v) is 12.3. The van der Waals surface area contributed by atoms with E-state index in [0.717, 1.165) is 73.1 Å². The van der Waals surface area contributed by atoms with Crippen molar-refractivity contribution in [3.05, 3.63) is 63.3 Å². The SMILES string of the molecule is CC1CN(C(=O)CCCCOCc2nc(N3CCCC3)c3oc4ccccc4c3n2)CCC1(C)c1cc(Cl)c[nH]c1=O. The number of carbonyl (C=O) groups excluding carboxylic acids is 1. The van der Waals surface area contributed by atoms with Crippen molar-refractivity contribution in [2.45, 2.75) is 64.4 Å². The lowest BCUT2D eigenvalue weighted by Crippen LogP contribution is -2.51.